The van der Waals surface area contributed by atoms with Crippen molar-refractivity contribution in [3.63, 3.8) is 0 Å². The van der Waals surface area contributed by atoms with Crippen molar-refractivity contribution >= 4 is 33.2 Å². The van der Waals surface area contributed by atoms with Crippen LogP contribution < -0.4 is 10.3 Å². The molecule has 0 aliphatic carbocycles. The first-order valence-corrected chi connectivity index (χ1v) is 10.4. The number of aromatic nitrogens is 2. The number of rotatable bonds is 5. The Bertz CT molecular complexity index is 1260. The van der Waals surface area contributed by atoms with Crippen LogP contribution in [0.2, 0.25) is 5.02 Å². The first kappa shape index (κ1) is 19.4. The average Bonchev–Trinajstić information content (AvgIpc) is 2.76. The summed E-state index contributed by atoms with van der Waals surface area (Å²) < 4.78 is 19.5. The Morgan fingerprint density at radius 1 is 1.03 bits per heavy atom. The minimum absolute atomic E-state index is 0.0204. The zero-order valence-corrected chi connectivity index (χ0v) is 17.1. The highest BCUT2D eigenvalue weighted by molar-refractivity contribution is 7.85. The molecule has 146 valence electrons. The lowest BCUT2D eigenvalue weighted by Gasteiger charge is -2.11. The van der Waals surface area contributed by atoms with Crippen molar-refractivity contribution in [2.24, 2.45) is 0 Å². The normalized spacial score (nSPS) is 12.1. The van der Waals surface area contributed by atoms with Crippen molar-refractivity contribution in [1.29, 1.82) is 0 Å². The van der Waals surface area contributed by atoms with Crippen LogP contribution in [-0.2, 0) is 17.3 Å². The summed E-state index contributed by atoms with van der Waals surface area (Å²) in [5.41, 5.74) is 0.473. The lowest BCUT2D eigenvalue weighted by atomic mass is 10.0. The first-order valence-electron chi connectivity index (χ1n) is 8.86. The highest BCUT2D eigenvalue weighted by Crippen LogP contribution is 2.23. The number of nitrogens with zero attached hydrogens (tertiary/aromatic N) is 2. The van der Waals surface area contributed by atoms with Gasteiger partial charge >= 0.3 is 0 Å². The molecule has 3 aromatic carbocycles. The minimum atomic E-state index is -1.74. The second-order valence-electron chi connectivity index (χ2n) is 6.37. The zero-order chi connectivity index (χ0) is 20.4. The van der Waals surface area contributed by atoms with E-state index < -0.39 is 16.4 Å². The van der Waals surface area contributed by atoms with Gasteiger partial charge in [0, 0.05) is 4.90 Å². The van der Waals surface area contributed by atoms with E-state index in [9.17, 15) is 9.00 Å². The molecule has 1 atom stereocenters. The molecule has 4 rings (SSSR count). The number of hydrogen-bond acceptors (Lipinski definition) is 4. The summed E-state index contributed by atoms with van der Waals surface area (Å²) in [6.45, 7) is 0.254. The number of ether oxygens (including phenoxy) is 1. The average molecular weight is 425 g/mol. The van der Waals surface area contributed by atoms with Crippen molar-refractivity contribution in [2.75, 3.05) is 7.11 Å². The Labute approximate surface area is 175 Å². The van der Waals surface area contributed by atoms with Crippen molar-refractivity contribution in [3.05, 3.63) is 93.9 Å². The van der Waals surface area contributed by atoms with E-state index in [4.69, 9.17) is 16.3 Å². The molecular weight excluding hydrogens is 408 g/mol. The van der Waals surface area contributed by atoms with Crippen LogP contribution in [0.15, 0.2) is 87.5 Å². The maximum Gasteiger partial charge on any atom is 0.285 e. The predicted molar refractivity (Wildman–Crippen MR) is 114 cm³/mol. The van der Waals surface area contributed by atoms with Crippen LogP contribution in [0.1, 0.15) is 5.56 Å². The van der Waals surface area contributed by atoms with Crippen LogP contribution in [0.25, 0.3) is 10.8 Å². The molecule has 0 radical (unpaired) electrons. The highest BCUT2D eigenvalue weighted by atomic mass is 35.5. The van der Waals surface area contributed by atoms with E-state index in [-0.39, 0.29) is 16.5 Å². The van der Waals surface area contributed by atoms with E-state index in [1.54, 1.807) is 31.4 Å². The van der Waals surface area contributed by atoms with Crippen LogP contribution in [0.3, 0.4) is 0 Å². The van der Waals surface area contributed by atoms with Crippen molar-refractivity contribution in [3.8, 4) is 5.75 Å². The molecule has 4 aromatic rings. The van der Waals surface area contributed by atoms with Crippen LogP contribution in [-0.4, -0.2) is 21.1 Å². The molecule has 7 heteroatoms. The summed E-state index contributed by atoms with van der Waals surface area (Å²) in [7, 11) is -0.183. The Kier molecular flexibility index (Phi) is 5.47. The van der Waals surface area contributed by atoms with Crippen molar-refractivity contribution in [1.82, 2.24) is 9.78 Å². The van der Waals surface area contributed by atoms with Gasteiger partial charge < -0.3 is 4.74 Å². The molecule has 1 aromatic heterocycles. The quantitative estimate of drug-likeness (QED) is 0.480. The predicted octanol–water partition coefficient (Wildman–Crippen LogP) is 4.27. The lowest BCUT2D eigenvalue weighted by Crippen LogP contribution is -2.27. The van der Waals surface area contributed by atoms with Gasteiger partial charge in [-0.15, -0.1) is 0 Å². The summed E-state index contributed by atoms with van der Waals surface area (Å²) in [5.74, 6) is 0.639. The molecule has 0 aliphatic heterocycles. The standard InChI is InChI=1S/C22H17ClN2O3S/c1-28-17-9-11-18(12-10-17)29(27)21-20(23)13-24-25(22(21)26)14-16-7-4-6-15-5-2-3-8-19(15)16/h2-13H,14H2,1H3. The van der Waals surface area contributed by atoms with Crippen molar-refractivity contribution in [2.45, 2.75) is 16.3 Å². The van der Waals surface area contributed by atoms with Gasteiger partial charge in [0.2, 0.25) is 0 Å². The summed E-state index contributed by atoms with van der Waals surface area (Å²) in [6.07, 6.45) is 1.37. The van der Waals surface area contributed by atoms with Gasteiger partial charge in [0.15, 0.2) is 0 Å². The summed E-state index contributed by atoms with van der Waals surface area (Å²) in [5, 5.41) is 6.36. The minimum Gasteiger partial charge on any atom is -0.497 e. The fourth-order valence-electron chi connectivity index (χ4n) is 3.14. The maximum atomic E-state index is 13.1. The molecule has 0 bridgehead atoms. The maximum absolute atomic E-state index is 13.1. The molecule has 5 nitrogen and oxygen atoms in total. The zero-order valence-electron chi connectivity index (χ0n) is 15.5. The van der Waals surface area contributed by atoms with Gasteiger partial charge in [0.05, 0.1) is 35.7 Å². The van der Waals surface area contributed by atoms with E-state index in [0.717, 1.165) is 16.3 Å². The van der Waals surface area contributed by atoms with Gasteiger partial charge in [-0.25, -0.2) is 8.89 Å². The van der Waals surface area contributed by atoms with E-state index in [0.29, 0.717) is 10.6 Å². The van der Waals surface area contributed by atoms with Gasteiger partial charge in [-0.2, -0.15) is 5.10 Å². The Balaban J connectivity index is 1.75. The van der Waals surface area contributed by atoms with Gasteiger partial charge in [-0.3, -0.25) is 4.79 Å². The van der Waals surface area contributed by atoms with Crippen LogP contribution in [0.5, 0.6) is 5.75 Å². The number of benzene rings is 3. The van der Waals surface area contributed by atoms with E-state index in [1.165, 1.54) is 10.9 Å². The lowest BCUT2D eigenvalue weighted by molar-refractivity contribution is 0.414. The molecule has 0 amide bonds. The smallest absolute Gasteiger partial charge is 0.285 e. The molecule has 0 saturated carbocycles. The number of halogens is 1. The van der Waals surface area contributed by atoms with Gasteiger partial charge in [0.1, 0.15) is 10.6 Å². The van der Waals surface area contributed by atoms with E-state index >= 15 is 0 Å². The van der Waals surface area contributed by atoms with Crippen molar-refractivity contribution < 1.29 is 8.95 Å². The van der Waals surface area contributed by atoms with Crippen LogP contribution in [0.4, 0.5) is 0 Å². The molecule has 0 spiro atoms. The molecule has 1 unspecified atom stereocenters. The second-order valence-corrected chi connectivity index (χ2v) is 8.19. The number of hydrogen-bond donors (Lipinski definition) is 0. The molecule has 29 heavy (non-hydrogen) atoms. The second kappa shape index (κ2) is 8.19. The Hall–Kier alpha value is -2.96. The largest absolute Gasteiger partial charge is 0.497 e. The molecule has 0 aliphatic rings. The third-order valence-corrected chi connectivity index (χ3v) is 6.48. The van der Waals surface area contributed by atoms with E-state index in [2.05, 4.69) is 5.10 Å². The van der Waals surface area contributed by atoms with Gasteiger partial charge in [-0.1, -0.05) is 54.1 Å². The topological polar surface area (TPSA) is 61.2 Å². The SMILES string of the molecule is COc1ccc(S(=O)c2c(Cl)cnn(Cc3cccc4ccccc34)c2=O)cc1. The molecule has 0 saturated heterocycles. The fraction of sp³-hybridized carbons (Fsp3) is 0.0909. The Morgan fingerprint density at radius 2 is 1.76 bits per heavy atom. The monoisotopic (exact) mass is 424 g/mol. The summed E-state index contributed by atoms with van der Waals surface area (Å²) in [4.78, 5) is 13.6. The number of methoxy groups -OCH3 is 1. The van der Waals surface area contributed by atoms with Crippen LogP contribution in [0, 0.1) is 0 Å². The van der Waals surface area contributed by atoms with Crippen LogP contribution >= 0.6 is 11.6 Å². The molecule has 0 N–H and O–H groups in total. The van der Waals surface area contributed by atoms with Gasteiger partial charge in [0.25, 0.3) is 5.56 Å². The molecule has 1 heterocycles. The summed E-state index contributed by atoms with van der Waals surface area (Å²) >= 11 is 6.21. The third kappa shape index (κ3) is 3.81. The van der Waals surface area contributed by atoms with Gasteiger partial charge in [-0.05, 0) is 40.6 Å². The summed E-state index contributed by atoms with van der Waals surface area (Å²) in [6, 6.07) is 20.5. The van der Waals surface area contributed by atoms with E-state index in [1.807, 2.05) is 42.5 Å². The third-order valence-electron chi connectivity index (χ3n) is 4.62. The fourth-order valence-corrected chi connectivity index (χ4v) is 4.59. The number of fused-ring (bicyclic) bond motifs is 1. The highest BCUT2D eigenvalue weighted by Gasteiger charge is 2.19. The molecule has 0 fully saturated rings. The first-order chi connectivity index (χ1) is 14.1. The Morgan fingerprint density at radius 3 is 2.52 bits per heavy atom. The molecular formula is C22H17ClN2O3S.